The molecule has 29 heavy (non-hydrogen) atoms. The molecule has 0 spiro atoms. The van der Waals surface area contributed by atoms with Gasteiger partial charge in [-0.25, -0.2) is 0 Å². The van der Waals surface area contributed by atoms with E-state index >= 15 is 0 Å². The summed E-state index contributed by atoms with van der Waals surface area (Å²) in [6.45, 7) is 7.74. The number of hydrogen-bond acceptors (Lipinski definition) is 6. The van der Waals surface area contributed by atoms with Crippen molar-refractivity contribution in [2.75, 3.05) is 31.1 Å². The highest BCUT2D eigenvalue weighted by atomic mass is 35.5. The first-order chi connectivity index (χ1) is 13.6. The van der Waals surface area contributed by atoms with Crippen molar-refractivity contribution < 1.29 is 13.9 Å². The minimum atomic E-state index is -0.0632. The standard InChI is InChI=1S/C21H28N4O3.ClH/c1-13-11-25(12-14(2)27-13)21-23-19-16(4-3-5-17(19)28-21)20(26)22-18-10-15-6-8-24(18)9-7-15;/h3-5,13-15,18H,6-12H2,1-2H3,(H,22,26);1H/t13-,14+,18-;/m0./s1. The molecule has 8 heteroatoms. The number of benzene rings is 1. The Balaban J connectivity index is 0.00000205. The molecule has 4 aliphatic rings. The van der Waals surface area contributed by atoms with Crippen molar-refractivity contribution in [2.45, 2.75) is 51.5 Å². The summed E-state index contributed by atoms with van der Waals surface area (Å²) in [5, 5.41) is 3.23. The Bertz CT molecular complexity index is 870. The van der Waals surface area contributed by atoms with Crippen LogP contribution in [0.5, 0.6) is 0 Å². The van der Waals surface area contributed by atoms with Gasteiger partial charge in [0.2, 0.25) is 0 Å². The fraction of sp³-hybridized carbons (Fsp3) is 0.619. The minimum absolute atomic E-state index is 0. The van der Waals surface area contributed by atoms with E-state index in [1.807, 2.05) is 18.2 Å². The van der Waals surface area contributed by atoms with Crippen LogP contribution in [-0.2, 0) is 4.74 Å². The highest BCUT2D eigenvalue weighted by Crippen LogP contribution is 2.31. The molecule has 0 unspecified atom stereocenters. The third kappa shape index (κ3) is 3.96. The fourth-order valence-electron chi connectivity index (χ4n) is 4.93. The number of amides is 1. The number of nitrogens with one attached hydrogen (secondary N) is 1. The van der Waals surface area contributed by atoms with E-state index in [9.17, 15) is 4.79 Å². The molecule has 3 atom stereocenters. The zero-order valence-electron chi connectivity index (χ0n) is 17.0. The summed E-state index contributed by atoms with van der Waals surface area (Å²) in [5.41, 5.74) is 1.88. The van der Waals surface area contributed by atoms with Crippen molar-refractivity contribution >= 4 is 35.4 Å². The number of para-hydroxylation sites is 1. The molecular formula is C21H29ClN4O3. The van der Waals surface area contributed by atoms with Gasteiger partial charge in [0.05, 0.1) is 23.9 Å². The van der Waals surface area contributed by atoms with Crippen LogP contribution in [0, 0.1) is 5.92 Å². The molecule has 6 rings (SSSR count). The second kappa shape index (κ2) is 8.13. The number of piperidine rings is 3. The van der Waals surface area contributed by atoms with E-state index in [4.69, 9.17) is 14.1 Å². The Morgan fingerprint density at radius 1 is 1.17 bits per heavy atom. The Morgan fingerprint density at radius 2 is 1.90 bits per heavy atom. The number of oxazole rings is 1. The summed E-state index contributed by atoms with van der Waals surface area (Å²) >= 11 is 0. The number of ether oxygens (including phenoxy) is 1. The first kappa shape index (κ1) is 20.4. The smallest absolute Gasteiger partial charge is 0.298 e. The molecule has 4 aliphatic heterocycles. The van der Waals surface area contributed by atoms with Crippen molar-refractivity contribution in [3.05, 3.63) is 23.8 Å². The average Bonchev–Trinajstić information content (AvgIpc) is 3.12. The maximum atomic E-state index is 13.0. The predicted molar refractivity (Wildman–Crippen MR) is 114 cm³/mol. The third-order valence-corrected chi connectivity index (χ3v) is 6.29. The molecule has 2 bridgehead atoms. The number of hydrogen-bond donors (Lipinski definition) is 1. The van der Waals surface area contributed by atoms with Crippen LogP contribution in [-0.4, -0.2) is 60.3 Å². The van der Waals surface area contributed by atoms with E-state index in [1.165, 1.54) is 12.8 Å². The quantitative estimate of drug-likeness (QED) is 0.822. The molecule has 5 heterocycles. The molecule has 7 nitrogen and oxygen atoms in total. The summed E-state index contributed by atoms with van der Waals surface area (Å²) in [6, 6.07) is 6.15. The monoisotopic (exact) mass is 420 g/mol. The van der Waals surface area contributed by atoms with Crippen LogP contribution in [0.25, 0.3) is 11.1 Å². The molecule has 1 amide bonds. The van der Waals surface area contributed by atoms with Gasteiger partial charge in [-0.2, -0.15) is 4.98 Å². The number of nitrogens with zero attached hydrogens (tertiary/aromatic N) is 3. The lowest BCUT2D eigenvalue weighted by molar-refractivity contribution is -0.00662. The summed E-state index contributed by atoms with van der Waals surface area (Å²) in [4.78, 5) is 22.2. The van der Waals surface area contributed by atoms with Crippen LogP contribution < -0.4 is 10.2 Å². The first-order valence-corrected chi connectivity index (χ1v) is 10.4. The molecular weight excluding hydrogens is 392 g/mol. The van der Waals surface area contributed by atoms with E-state index in [-0.39, 0.29) is 36.7 Å². The topological polar surface area (TPSA) is 70.8 Å². The highest BCUT2D eigenvalue weighted by Gasteiger charge is 2.35. The minimum Gasteiger partial charge on any atom is -0.423 e. The number of rotatable bonds is 3. The summed E-state index contributed by atoms with van der Waals surface area (Å²) < 4.78 is 11.8. The lowest BCUT2D eigenvalue weighted by Crippen LogP contribution is -2.56. The van der Waals surface area contributed by atoms with E-state index < -0.39 is 0 Å². The van der Waals surface area contributed by atoms with E-state index in [0.29, 0.717) is 22.7 Å². The summed E-state index contributed by atoms with van der Waals surface area (Å²) in [7, 11) is 0. The molecule has 0 radical (unpaired) electrons. The highest BCUT2D eigenvalue weighted by molar-refractivity contribution is 6.04. The van der Waals surface area contributed by atoms with E-state index in [0.717, 1.165) is 38.5 Å². The maximum Gasteiger partial charge on any atom is 0.298 e. The van der Waals surface area contributed by atoms with Gasteiger partial charge in [0.15, 0.2) is 5.58 Å². The maximum absolute atomic E-state index is 13.0. The van der Waals surface area contributed by atoms with Gasteiger partial charge in [-0.05, 0) is 51.2 Å². The van der Waals surface area contributed by atoms with Gasteiger partial charge in [-0.3, -0.25) is 9.69 Å². The van der Waals surface area contributed by atoms with Crippen LogP contribution in [0.3, 0.4) is 0 Å². The van der Waals surface area contributed by atoms with E-state index in [2.05, 4.69) is 29.0 Å². The fourth-order valence-corrected chi connectivity index (χ4v) is 4.93. The number of anilines is 1. The largest absolute Gasteiger partial charge is 0.423 e. The molecule has 2 aromatic rings. The molecule has 1 N–H and O–H groups in total. The number of carbonyl (C=O) groups is 1. The van der Waals surface area contributed by atoms with Crippen LogP contribution in [0.15, 0.2) is 22.6 Å². The number of halogens is 1. The molecule has 4 fully saturated rings. The normalized spacial score (nSPS) is 31.5. The summed E-state index contributed by atoms with van der Waals surface area (Å²) in [5.74, 6) is 0.682. The lowest BCUT2D eigenvalue weighted by Gasteiger charge is -2.45. The van der Waals surface area contributed by atoms with Gasteiger partial charge in [-0.15, -0.1) is 12.4 Å². The van der Waals surface area contributed by atoms with Gasteiger partial charge < -0.3 is 19.4 Å². The number of morpholine rings is 1. The van der Waals surface area contributed by atoms with Crippen molar-refractivity contribution in [1.82, 2.24) is 15.2 Å². The second-order valence-electron chi connectivity index (χ2n) is 8.52. The Hall–Kier alpha value is -1.83. The number of carbonyl (C=O) groups excluding carboxylic acids is 1. The molecule has 0 saturated carbocycles. The van der Waals surface area contributed by atoms with Gasteiger partial charge >= 0.3 is 0 Å². The Kier molecular flexibility index (Phi) is 5.73. The Labute approximate surface area is 177 Å². The molecule has 1 aromatic carbocycles. The molecule has 158 valence electrons. The van der Waals surface area contributed by atoms with Gasteiger partial charge in [0.25, 0.3) is 11.9 Å². The zero-order valence-corrected chi connectivity index (χ0v) is 17.8. The van der Waals surface area contributed by atoms with Crippen molar-refractivity contribution in [3.8, 4) is 0 Å². The zero-order chi connectivity index (χ0) is 19.3. The van der Waals surface area contributed by atoms with Crippen molar-refractivity contribution in [1.29, 1.82) is 0 Å². The Morgan fingerprint density at radius 3 is 2.55 bits per heavy atom. The number of fused-ring (bicyclic) bond motifs is 4. The van der Waals surface area contributed by atoms with Crippen LogP contribution in [0.2, 0.25) is 0 Å². The average molecular weight is 421 g/mol. The van der Waals surface area contributed by atoms with E-state index in [1.54, 1.807) is 0 Å². The molecule has 4 saturated heterocycles. The predicted octanol–water partition coefficient (Wildman–Crippen LogP) is 3.03. The van der Waals surface area contributed by atoms with Gasteiger partial charge in [0.1, 0.15) is 5.52 Å². The molecule has 1 aromatic heterocycles. The number of aromatic nitrogens is 1. The SMILES string of the molecule is C[C@@H]1CN(c2nc3c(C(=O)N[C@@H]4CC5CCN4CC5)cccc3o2)C[C@H](C)O1.Cl. The van der Waals surface area contributed by atoms with Crippen molar-refractivity contribution in [2.24, 2.45) is 5.92 Å². The van der Waals surface area contributed by atoms with Crippen LogP contribution >= 0.6 is 12.4 Å². The third-order valence-electron chi connectivity index (χ3n) is 6.29. The van der Waals surface area contributed by atoms with Gasteiger partial charge in [-0.1, -0.05) is 6.07 Å². The second-order valence-corrected chi connectivity index (χ2v) is 8.52. The van der Waals surface area contributed by atoms with Crippen LogP contribution in [0.4, 0.5) is 6.01 Å². The summed E-state index contributed by atoms with van der Waals surface area (Å²) in [6.07, 6.45) is 3.95. The first-order valence-electron chi connectivity index (χ1n) is 10.4. The lowest BCUT2D eigenvalue weighted by atomic mass is 9.86. The van der Waals surface area contributed by atoms with Gasteiger partial charge in [0, 0.05) is 26.2 Å². The van der Waals surface area contributed by atoms with Crippen molar-refractivity contribution in [3.63, 3.8) is 0 Å². The molecule has 0 aliphatic carbocycles. The van der Waals surface area contributed by atoms with Crippen LogP contribution in [0.1, 0.15) is 43.5 Å².